The summed E-state index contributed by atoms with van der Waals surface area (Å²) in [4.78, 5) is 18.9. The zero-order chi connectivity index (χ0) is 24.1. The van der Waals surface area contributed by atoms with Crippen LogP contribution in [-0.2, 0) is 17.6 Å². The average Bonchev–Trinajstić information content (AvgIpc) is 3.66. The van der Waals surface area contributed by atoms with Crippen LogP contribution in [0.5, 0.6) is 5.75 Å². The molecule has 9 nitrogen and oxygen atoms in total. The number of carbonyl (C=O) groups excluding carboxylic acids is 1. The molecule has 1 unspecified atom stereocenters. The highest BCUT2D eigenvalue weighted by atomic mass is 16.5. The fraction of sp³-hybridized carbons (Fsp3) is 0.385. The zero-order valence-corrected chi connectivity index (χ0v) is 19.9. The monoisotopic (exact) mass is 472 g/mol. The summed E-state index contributed by atoms with van der Waals surface area (Å²) in [5.41, 5.74) is 7.86. The number of fused-ring (bicyclic) bond motifs is 2. The maximum atomic E-state index is 12.1. The summed E-state index contributed by atoms with van der Waals surface area (Å²) in [6.45, 7) is 2.65. The van der Waals surface area contributed by atoms with Crippen molar-refractivity contribution in [3.63, 3.8) is 0 Å². The van der Waals surface area contributed by atoms with Crippen LogP contribution < -0.4 is 4.74 Å². The quantitative estimate of drug-likeness (QED) is 0.462. The van der Waals surface area contributed by atoms with E-state index in [0.717, 1.165) is 65.0 Å². The summed E-state index contributed by atoms with van der Waals surface area (Å²) in [6.07, 6.45) is 6.87. The Labute approximate surface area is 202 Å². The summed E-state index contributed by atoms with van der Waals surface area (Å²) in [5.74, 6) is 0.480. The van der Waals surface area contributed by atoms with Gasteiger partial charge in [0.15, 0.2) is 0 Å². The van der Waals surface area contributed by atoms with Gasteiger partial charge in [-0.1, -0.05) is 18.2 Å². The minimum absolute atomic E-state index is 0.0622. The summed E-state index contributed by atoms with van der Waals surface area (Å²) in [5, 5.41) is 21.8. The lowest BCUT2D eigenvalue weighted by Crippen LogP contribution is -2.36. The van der Waals surface area contributed by atoms with Crippen LogP contribution in [0.4, 0.5) is 0 Å². The molecule has 4 aromatic rings. The number of methoxy groups -OCH3 is 1. The SMILES string of the molecule is COc1cc2[nH]nc(-c3cnn([C@H]4CCN(C(=O)C(C)O)C4)c3)c2nc1-c1cccc2c1CCC2. The van der Waals surface area contributed by atoms with Gasteiger partial charge in [0, 0.05) is 36.5 Å². The Bertz CT molecular complexity index is 1420. The van der Waals surface area contributed by atoms with Gasteiger partial charge in [0.1, 0.15) is 28.8 Å². The predicted octanol–water partition coefficient (Wildman–Crippen LogP) is 3.14. The number of hydrogen-bond donors (Lipinski definition) is 2. The van der Waals surface area contributed by atoms with Gasteiger partial charge in [-0.2, -0.15) is 10.2 Å². The molecule has 0 saturated carbocycles. The molecule has 1 amide bonds. The lowest BCUT2D eigenvalue weighted by molar-refractivity contribution is -0.138. The van der Waals surface area contributed by atoms with Crippen LogP contribution in [0.15, 0.2) is 36.7 Å². The summed E-state index contributed by atoms with van der Waals surface area (Å²) in [7, 11) is 1.67. The van der Waals surface area contributed by atoms with Gasteiger partial charge < -0.3 is 14.7 Å². The molecule has 0 bridgehead atoms. The summed E-state index contributed by atoms with van der Waals surface area (Å²) in [6, 6.07) is 8.45. The fourth-order valence-corrected chi connectivity index (χ4v) is 5.40. The molecule has 180 valence electrons. The predicted molar refractivity (Wildman–Crippen MR) is 131 cm³/mol. The smallest absolute Gasteiger partial charge is 0.251 e. The van der Waals surface area contributed by atoms with Crippen molar-refractivity contribution in [2.45, 2.75) is 44.8 Å². The number of aryl methyl sites for hydroxylation is 1. The number of H-pyrrole nitrogens is 1. The number of aliphatic hydroxyl groups is 1. The number of likely N-dealkylation sites (tertiary alicyclic amines) is 1. The number of ether oxygens (including phenoxy) is 1. The number of nitrogens with one attached hydrogen (secondary N) is 1. The van der Waals surface area contributed by atoms with Gasteiger partial charge in [-0.05, 0) is 43.7 Å². The highest BCUT2D eigenvalue weighted by Crippen LogP contribution is 2.39. The lowest BCUT2D eigenvalue weighted by atomic mass is 9.99. The zero-order valence-electron chi connectivity index (χ0n) is 19.9. The number of aromatic amines is 1. The van der Waals surface area contributed by atoms with Crippen LogP contribution in [-0.4, -0.2) is 67.2 Å². The first-order chi connectivity index (χ1) is 17.0. The second kappa shape index (κ2) is 8.49. The number of carbonyl (C=O) groups is 1. The maximum absolute atomic E-state index is 12.1. The number of benzene rings is 1. The Hall–Kier alpha value is -3.72. The van der Waals surface area contributed by atoms with Crippen LogP contribution in [0.25, 0.3) is 33.5 Å². The maximum Gasteiger partial charge on any atom is 0.251 e. The van der Waals surface area contributed by atoms with Crippen molar-refractivity contribution in [3.8, 4) is 28.3 Å². The van der Waals surface area contributed by atoms with Gasteiger partial charge in [-0.25, -0.2) is 4.98 Å². The molecule has 1 aliphatic heterocycles. The van der Waals surface area contributed by atoms with Gasteiger partial charge in [0.05, 0.1) is 24.9 Å². The number of rotatable bonds is 5. The summed E-state index contributed by atoms with van der Waals surface area (Å²) < 4.78 is 7.61. The van der Waals surface area contributed by atoms with Crippen molar-refractivity contribution in [1.82, 2.24) is 29.9 Å². The van der Waals surface area contributed by atoms with E-state index in [2.05, 4.69) is 33.5 Å². The molecule has 9 heteroatoms. The number of aliphatic hydroxyl groups excluding tert-OH is 1. The molecule has 4 heterocycles. The number of amides is 1. The average molecular weight is 473 g/mol. The Morgan fingerprint density at radius 3 is 3.00 bits per heavy atom. The first-order valence-corrected chi connectivity index (χ1v) is 12.1. The molecule has 0 radical (unpaired) electrons. The van der Waals surface area contributed by atoms with E-state index in [4.69, 9.17) is 9.72 Å². The Balaban J connectivity index is 1.36. The van der Waals surface area contributed by atoms with Crippen LogP contribution >= 0.6 is 0 Å². The normalized spacial score (nSPS) is 18.3. The van der Waals surface area contributed by atoms with Crippen LogP contribution in [0.1, 0.15) is 36.9 Å². The molecule has 1 saturated heterocycles. The Morgan fingerprint density at radius 2 is 2.17 bits per heavy atom. The van der Waals surface area contributed by atoms with Crippen LogP contribution in [0, 0.1) is 0 Å². The highest BCUT2D eigenvalue weighted by Gasteiger charge is 2.30. The van der Waals surface area contributed by atoms with Gasteiger partial charge in [0.25, 0.3) is 5.91 Å². The third kappa shape index (κ3) is 3.67. The van der Waals surface area contributed by atoms with E-state index >= 15 is 0 Å². The van der Waals surface area contributed by atoms with E-state index in [9.17, 15) is 9.90 Å². The van der Waals surface area contributed by atoms with E-state index in [0.29, 0.717) is 13.1 Å². The van der Waals surface area contributed by atoms with Crippen LogP contribution in [0.3, 0.4) is 0 Å². The van der Waals surface area contributed by atoms with E-state index < -0.39 is 6.10 Å². The molecule has 3 aromatic heterocycles. The minimum Gasteiger partial charge on any atom is -0.494 e. The first-order valence-electron chi connectivity index (χ1n) is 12.1. The third-order valence-electron chi connectivity index (χ3n) is 7.20. The van der Waals surface area contributed by atoms with Gasteiger partial charge in [-0.3, -0.25) is 14.6 Å². The Morgan fingerprint density at radius 1 is 1.29 bits per heavy atom. The number of aromatic nitrogens is 5. The molecule has 2 atom stereocenters. The van der Waals surface area contributed by atoms with E-state index in [1.54, 1.807) is 18.2 Å². The largest absolute Gasteiger partial charge is 0.494 e. The molecular formula is C26H28N6O3. The van der Waals surface area contributed by atoms with Gasteiger partial charge >= 0.3 is 0 Å². The minimum atomic E-state index is -0.986. The molecule has 1 aromatic carbocycles. The van der Waals surface area contributed by atoms with Crippen LogP contribution in [0.2, 0.25) is 0 Å². The lowest BCUT2D eigenvalue weighted by Gasteiger charge is -2.18. The molecule has 1 fully saturated rings. The number of pyridine rings is 1. The van der Waals surface area contributed by atoms with E-state index in [1.165, 1.54) is 18.1 Å². The van der Waals surface area contributed by atoms with Crippen molar-refractivity contribution in [1.29, 1.82) is 0 Å². The molecule has 6 rings (SSSR count). The van der Waals surface area contributed by atoms with Gasteiger partial charge in [0.2, 0.25) is 0 Å². The van der Waals surface area contributed by atoms with E-state index in [1.807, 2.05) is 16.9 Å². The van der Waals surface area contributed by atoms with Crippen molar-refractivity contribution in [3.05, 3.63) is 47.8 Å². The second-order valence-electron chi connectivity index (χ2n) is 9.42. The van der Waals surface area contributed by atoms with E-state index in [-0.39, 0.29) is 11.9 Å². The molecule has 2 N–H and O–H groups in total. The Kier molecular flexibility index (Phi) is 5.29. The van der Waals surface area contributed by atoms with Gasteiger partial charge in [-0.15, -0.1) is 0 Å². The van der Waals surface area contributed by atoms with Crippen molar-refractivity contribution >= 4 is 16.9 Å². The molecular weight excluding hydrogens is 444 g/mol. The number of nitrogens with zero attached hydrogens (tertiary/aromatic N) is 5. The highest BCUT2D eigenvalue weighted by molar-refractivity contribution is 5.93. The number of hydrogen-bond acceptors (Lipinski definition) is 6. The molecule has 2 aliphatic rings. The van der Waals surface area contributed by atoms with Crippen molar-refractivity contribution in [2.75, 3.05) is 20.2 Å². The molecule has 1 aliphatic carbocycles. The fourth-order valence-electron chi connectivity index (χ4n) is 5.40. The van der Waals surface area contributed by atoms with Crippen molar-refractivity contribution < 1.29 is 14.6 Å². The second-order valence-corrected chi connectivity index (χ2v) is 9.42. The topological polar surface area (TPSA) is 109 Å². The summed E-state index contributed by atoms with van der Waals surface area (Å²) >= 11 is 0. The molecule has 0 spiro atoms. The van der Waals surface area contributed by atoms with Crippen molar-refractivity contribution in [2.24, 2.45) is 0 Å². The molecule has 35 heavy (non-hydrogen) atoms. The standard InChI is InChI=1S/C26H28N6O3/c1-15(33)26(34)31-10-9-18(14-31)32-13-17(12-27-32)23-25-21(29-30-23)11-22(35-2)24(28-25)20-8-4-6-16-5-3-7-19(16)20/h4,6,8,11-13,15,18,33H,3,5,7,9-10,14H2,1-2H3,(H,29,30)/t15?,18-/m0/s1. The third-order valence-corrected chi connectivity index (χ3v) is 7.20. The first kappa shape index (κ1) is 21.8.